The van der Waals surface area contributed by atoms with Crippen molar-refractivity contribution in [2.45, 2.75) is 38.7 Å². The second-order valence-corrected chi connectivity index (χ2v) is 8.93. The van der Waals surface area contributed by atoms with Crippen molar-refractivity contribution in [1.82, 2.24) is 4.31 Å². The fraction of sp³-hybridized carbons (Fsp3) is 0.333. The van der Waals surface area contributed by atoms with Crippen LogP contribution in [0.4, 0.5) is 5.69 Å². The van der Waals surface area contributed by atoms with E-state index in [9.17, 15) is 18.0 Å². The zero-order chi connectivity index (χ0) is 22.5. The van der Waals surface area contributed by atoms with Crippen LogP contribution in [0.1, 0.15) is 36.7 Å². The Kier molecular flexibility index (Phi) is 8.00. The minimum absolute atomic E-state index is 0.0324. The van der Waals surface area contributed by atoms with E-state index in [0.717, 1.165) is 5.56 Å². The molecule has 0 aliphatic carbocycles. The molecule has 2 aromatic rings. The summed E-state index contributed by atoms with van der Waals surface area (Å²) >= 11 is 6.09. The highest BCUT2D eigenvalue weighted by Crippen LogP contribution is 2.24. The first-order valence-corrected chi connectivity index (χ1v) is 11.3. The number of nitrogens with zero attached hydrogens (tertiary/aromatic N) is 1. The summed E-state index contributed by atoms with van der Waals surface area (Å²) in [4.78, 5) is 24.9. The van der Waals surface area contributed by atoms with Gasteiger partial charge in [-0.25, -0.2) is 13.2 Å². The van der Waals surface area contributed by atoms with Crippen molar-refractivity contribution in [3.8, 4) is 0 Å². The lowest BCUT2D eigenvalue weighted by Crippen LogP contribution is -2.31. The maximum absolute atomic E-state index is 12.7. The topological polar surface area (TPSA) is 92.8 Å². The summed E-state index contributed by atoms with van der Waals surface area (Å²) in [6, 6.07) is 11.0. The Labute approximate surface area is 182 Å². The van der Waals surface area contributed by atoms with Crippen LogP contribution in [0.5, 0.6) is 0 Å². The number of benzene rings is 2. The standard InChI is InChI=1S/C21H25ClN2O5S/c1-5-24(6-2)30(27,28)16-11-12-18(22)17(13-16)21(26)29-15(4)20(25)23-19-10-8-7-9-14(19)3/h7-13,15H,5-6H2,1-4H3,(H,23,25)/t15-/m0/s1. The van der Waals surface area contributed by atoms with Gasteiger partial charge >= 0.3 is 5.97 Å². The molecule has 0 unspecified atom stereocenters. The molecule has 0 spiro atoms. The van der Waals surface area contributed by atoms with Gasteiger partial charge in [0.2, 0.25) is 10.0 Å². The summed E-state index contributed by atoms with van der Waals surface area (Å²) in [5, 5.41) is 2.73. The minimum Gasteiger partial charge on any atom is -0.449 e. The first-order chi connectivity index (χ1) is 14.1. The molecule has 0 aliphatic heterocycles. The second kappa shape index (κ2) is 10.1. The average molecular weight is 453 g/mol. The van der Waals surface area contributed by atoms with Gasteiger partial charge < -0.3 is 10.1 Å². The van der Waals surface area contributed by atoms with Gasteiger partial charge in [0.1, 0.15) is 0 Å². The number of carbonyl (C=O) groups excluding carboxylic acids is 2. The lowest BCUT2D eigenvalue weighted by atomic mass is 10.2. The molecule has 0 radical (unpaired) electrons. The van der Waals surface area contributed by atoms with Crippen LogP contribution in [0.15, 0.2) is 47.4 Å². The number of amides is 1. The molecule has 0 aliphatic rings. The van der Waals surface area contributed by atoms with Gasteiger partial charge in [-0.15, -0.1) is 0 Å². The fourth-order valence-corrected chi connectivity index (χ4v) is 4.44. The third-order valence-electron chi connectivity index (χ3n) is 4.56. The van der Waals surface area contributed by atoms with E-state index in [4.69, 9.17) is 16.3 Å². The lowest BCUT2D eigenvalue weighted by molar-refractivity contribution is -0.123. The monoisotopic (exact) mass is 452 g/mol. The molecule has 7 nitrogen and oxygen atoms in total. The number of anilines is 1. The van der Waals surface area contributed by atoms with Gasteiger partial charge in [-0.1, -0.05) is 43.6 Å². The first-order valence-electron chi connectivity index (χ1n) is 9.49. The number of ether oxygens (including phenoxy) is 1. The van der Waals surface area contributed by atoms with Gasteiger partial charge in [-0.2, -0.15) is 4.31 Å². The molecule has 0 saturated carbocycles. The van der Waals surface area contributed by atoms with Crippen LogP contribution < -0.4 is 5.32 Å². The van der Waals surface area contributed by atoms with Crippen molar-refractivity contribution in [2.75, 3.05) is 18.4 Å². The van der Waals surface area contributed by atoms with E-state index in [0.29, 0.717) is 5.69 Å². The quantitative estimate of drug-likeness (QED) is 0.614. The largest absolute Gasteiger partial charge is 0.449 e. The lowest BCUT2D eigenvalue weighted by Gasteiger charge is -2.19. The molecule has 9 heteroatoms. The van der Waals surface area contributed by atoms with Crippen LogP contribution >= 0.6 is 11.6 Å². The van der Waals surface area contributed by atoms with Crippen LogP contribution in [-0.4, -0.2) is 43.8 Å². The van der Waals surface area contributed by atoms with Gasteiger partial charge in [-0.05, 0) is 43.7 Å². The Morgan fingerprint density at radius 2 is 1.77 bits per heavy atom. The Hall–Kier alpha value is -2.42. The summed E-state index contributed by atoms with van der Waals surface area (Å²) < 4.78 is 31.9. The summed E-state index contributed by atoms with van der Waals surface area (Å²) in [5.41, 5.74) is 1.35. The normalized spacial score (nSPS) is 12.5. The molecule has 1 N–H and O–H groups in total. The number of carbonyl (C=O) groups is 2. The summed E-state index contributed by atoms with van der Waals surface area (Å²) in [7, 11) is -3.78. The highest BCUT2D eigenvalue weighted by molar-refractivity contribution is 7.89. The number of sulfonamides is 1. The second-order valence-electron chi connectivity index (χ2n) is 6.58. The predicted octanol–water partition coefficient (Wildman–Crippen LogP) is 3.86. The molecule has 1 atom stereocenters. The number of nitrogens with one attached hydrogen (secondary N) is 1. The van der Waals surface area contributed by atoms with Crippen molar-refractivity contribution in [3.05, 3.63) is 58.6 Å². The van der Waals surface area contributed by atoms with Crippen molar-refractivity contribution >= 4 is 39.2 Å². The summed E-state index contributed by atoms with van der Waals surface area (Å²) in [5.74, 6) is -1.40. The molecule has 0 saturated heterocycles. The van der Waals surface area contributed by atoms with E-state index in [2.05, 4.69) is 5.32 Å². The molecule has 0 fully saturated rings. The molecule has 162 valence electrons. The van der Waals surface area contributed by atoms with Gasteiger partial charge in [-0.3, -0.25) is 4.79 Å². The van der Waals surface area contributed by atoms with Crippen LogP contribution in [0.2, 0.25) is 5.02 Å². The van der Waals surface area contributed by atoms with Gasteiger partial charge in [0.15, 0.2) is 6.10 Å². The Bertz CT molecular complexity index is 1040. The predicted molar refractivity (Wildman–Crippen MR) is 116 cm³/mol. The van der Waals surface area contributed by atoms with E-state index < -0.39 is 28.0 Å². The molecular weight excluding hydrogens is 428 g/mol. The number of halogens is 1. The van der Waals surface area contributed by atoms with Crippen molar-refractivity contribution < 1.29 is 22.7 Å². The third-order valence-corrected chi connectivity index (χ3v) is 6.93. The fourth-order valence-electron chi connectivity index (χ4n) is 2.76. The zero-order valence-corrected chi connectivity index (χ0v) is 18.9. The zero-order valence-electron chi connectivity index (χ0n) is 17.3. The Morgan fingerprint density at radius 1 is 1.13 bits per heavy atom. The number of aryl methyl sites for hydroxylation is 1. The number of hydrogen-bond donors (Lipinski definition) is 1. The maximum Gasteiger partial charge on any atom is 0.340 e. The van der Waals surface area contributed by atoms with Crippen molar-refractivity contribution in [2.24, 2.45) is 0 Å². The minimum atomic E-state index is -3.78. The Morgan fingerprint density at radius 3 is 2.37 bits per heavy atom. The van der Waals surface area contributed by atoms with Crippen molar-refractivity contribution in [1.29, 1.82) is 0 Å². The molecule has 30 heavy (non-hydrogen) atoms. The number of hydrogen-bond acceptors (Lipinski definition) is 5. The van der Waals surface area contributed by atoms with E-state index in [1.165, 1.54) is 29.4 Å². The SMILES string of the molecule is CCN(CC)S(=O)(=O)c1ccc(Cl)c(C(=O)O[C@@H](C)C(=O)Nc2ccccc2C)c1. The van der Waals surface area contributed by atoms with Gasteiger partial charge in [0.05, 0.1) is 15.5 Å². The molecule has 2 rings (SSSR count). The van der Waals surface area contributed by atoms with E-state index in [1.54, 1.807) is 26.0 Å². The Balaban J connectivity index is 2.20. The molecule has 1 amide bonds. The van der Waals surface area contributed by atoms with Crippen LogP contribution in [0.25, 0.3) is 0 Å². The highest BCUT2D eigenvalue weighted by atomic mass is 35.5. The number of para-hydroxylation sites is 1. The average Bonchev–Trinajstić information content (AvgIpc) is 2.70. The number of rotatable bonds is 8. The van der Waals surface area contributed by atoms with E-state index >= 15 is 0 Å². The van der Waals surface area contributed by atoms with E-state index in [1.807, 2.05) is 19.1 Å². The number of esters is 1. The highest BCUT2D eigenvalue weighted by Gasteiger charge is 2.26. The molecule has 0 aromatic heterocycles. The first kappa shape index (κ1) is 23.9. The van der Waals surface area contributed by atoms with Crippen LogP contribution in [-0.2, 0) is 19.6 Å². The third kappa shape index (κ3) is 5.38. The van der Waals surface area contributed by atoms with Crippen LogP contribution in [0.3, 0.4) is 0 Å². The van der Waals surface area contributed by atoms with Crippen molar-refractivity contribution in [3.63, 3.8) is 0 Å². The summed E-state index contributed by atoms with van der Waals surface area (Å²) in [6.45, 7) is 7.29. The van der Waals surface area contributed by atoms with Crippen LogP contribution in [0, 0.1) is 6.92 Å². The summed E-state index contributed by atoms with van der Waals surface area (Å²) in [6.07, 6.45) is -1.11. The molecule has 0 bridgehead atoms. The smallest absolute Gasteiger partial charge is 0.340 e. The maximum atomic E-state index is 12.7. The van der Waals surface area contributed by atoms with E-state index in [-0.39, 0.29) is 28.6 Å². The van der Waals surface area contributed by atoms with Gasteiger partial charge in [0.25, 0.3) is 5.91 Å². The van der Waals surface area contributed by atoms with Gasteiger partial charge in [0, 0.05) is 18.8 Å². The molecule has 0 heterocycles. The molecule has 2 aromatic carbocycles. The molecular formula is C21H25ClN2O5S.